The van der Waals surface area contributed by atoms with Crippen molar-refractivity contribution in [2.24, 2.45) is 39.5 Å². The van der Waals surface area contributed by atoms with Gasteiger partial charge in [-0.3, -0.25) is 101 Å². The molecule has 746 valence electrons. The van der Waals surface area contributed by atoms with Crippen molar-refractivity contribution in [1.82, 2.24) is 83.8 Å². The number of amides is 16. The number of thioether (sulfide) groups is 3. The maximum atomic E-state index is 15.7. The molecule has 8 aliphatic heterocycles. The van der Waals surface area contributed by atoms with Crippen LogP contribution in [0.3, 0.4) is 0 Å². The lowest BCUT2D eigenvalue weighted by atomic mass is 9.71. The number of nitrogens with zero attached hydrogens (tertiary/aromatic N) is 3. The highest BCUT2D eigenvalue weighted by atomic mass is 32.2. The van der Waals surface area contributed by atoms with Gasteiger partial charge in [0.2, 0.25) is 94.5 Å². The Balaban J connectivity index is 1.06. The number of nitrogens with two attached hydrogens (primary N) is 2. The molecule has 0 saturated carbocycles. The summed E-state index contributed by atoms with van der Waals surface area (Å²) in [6.45, 7) is 7.91. The highest BCUT2D eigenvalue weighted by Crippen LogP contribution is 2.57. The lowest BCUT2D eigenvalue weighted by molar-refractivity contribution is -0.147. The number of fused-ring (bicyclic) bond motifs is 42. The predicted octanol–water partition coefficient (Wildman–Crippen LogP) is -3.51. The van der Waals surface area contributed by atoms with E-state index in [0.29, 0.717) is 21.9 Å². The molecular weight excluding hydrogens is 1860 g/mol. The van der Waals surface area contributed by atoms with Gasteiger partial charge in [-0.1, -0.05) is 113 Å². The van der Waals surface area contributed by atoms with E-state index in [1.54, 1.807) is 82.3 Å². The summed E-state index contributed by atoms with van der Waals surface area (Å²) in [5.41, 5.74) is 9.11. The van der Waals surface area contributed by atoms with Crippen LogP contribution in [-0.2, 0) is 115 Å². The summed E-state index contributed by atoms with van der Waals surface area (Å²) in [7, 11) is 0. The molecule has 8 bridgehead atoms. The minimum atomic E-state index is -2.33. The van der Waals surface area contributed by atoms with E-state index < -0.39 is 265 Å². The van der Waals surface area contributed by atoms with Crippen LogP contribution in [0.4, 0.5) is 0 Å². The standard InChI is InChI=1S/C91H118N18O26S3/c1-47-38-136-27-24-67(112)107-41-90-43-108-44-91(90,42-107)46-109(45-90)69(114)26-29-138-40-65(75(93)121)104-87(133)74(89(3,4)5)106-85(131)64(36-72(119)120)103-81(127)60(31-50-18-20-54(110)21-19-50)99-80(126)59(30-49-12-7-6-8-13-49)100-83(129)63(35-71(117)118)102-79(125)58-33-56(88(134)135)73(86(132)96-53(37-94-58)39-137-28-25-68(108)113)105-84(130)61(32-52-16-11-15-51-14-9-10-17-55(51)52)101-78(124)57(22-23-70(115)116)97-82(128)62(34-66(92)111)98-77(123)48(2)95-76(47)122/h6-21,37,47-48,56-65,73-74,77,94,98,110,123H,22-36,38-46H2,1-5H3,(H2,92,111)(H2,93,121)(H,95,122)(H,96,132)(H,97,128)(H,99,126)(H,100,129)(H,101,124)(H,102,125)(H,103,127)(H,104,133)(H,105,130)(H,106,131)(H,115,116)(H,117,118)(H,119,120)(H,134,135)/b53-37+/t47-,48+,56?,57-,58-,59-,60-,61-,62-,63-,64-,65-,73+,74+,77?,90?,91?/m0/s1. The smallest absolute Gasteiger partial charge is 0.309 e. The highest BCUT2D eigenvalue weighted by Gasteiger charge is 2.69. The van der Waals surface area contributed by atoms with Crippen molar-refractivity contribution in [2.75, 3.05) is 73.8 Å². The van der Waals surface area contributed by atoms with Gasteiger partial charge in [-0.25, -0.2) is 0 Å². The van der Waals surface area contributed by atoms with Gasteiger partial charge in [0.25, 0.3) is 0 Å². The summed E-state index contributed by atoms with van der Waals surface area (Å²) < 4.78 is 0. The number of aliphatic hydroxyl groups is 1. The molecule has 8 aliphatic rings. The molecule has 2 spiro atoms. The third kappa shape index (κ3) is 29.2. The SMILES string of the molecule is C[C@H]1CSCCC(=O)N2CC34CN5CC3(CN(C4)C(=O)CCSC[C@@H](C(N)=O)NC(=O)[C@H](C(C)(C)C)NC(=O)[C@H](CC(=O)O)NC(=O)[C@H](Cc3ccc(O)cc3)NC(=O)[C@H](Cc3ccccc3)NC(=O)[C@H](CC(=O)O)NC(=O)[C@@H]3CC(C(=O)O)[C@@H](NC(=O)[C@H](Cc4cccc6ccccc46)NC(=O)[C@H](CCC(=O)O)NC(=O)[C@H](CC(N)=O)NC(O)[C@@H](C)NC1=O)C(=O)N/C(=C/N3)CSCCC5=O)C2. The molecule has 12 rings (SSSR count). The molecule has 23 N–H and O–H groups in total. The van der Waals surface area contributed by atoms with Gasteiger partial charge < -0.3 is 121 Å². The van der Waals surface area contributed by atoms with Crippen LogP contribution < -0.4 is 80.6 Å². The monoisotopic (exact) mass is 1970 g/mol. The number of benzene rings is 4. The van der Waals surface area contributed by atoms with E-state index in [2.05, 4.69) is 69.1 Å². The van der Waals surface area contributed by atoms with Crippen molar-refractivity contribution in [2.45, 2.75) is 190 Å². The number of aliphatic carboxylic acids is 4. The fourth-order valence-corrected chi connectivity index (χ4v) is 20.3. The third-order valence-corrected chi connectivity index (χ3v) is 28.2. The molecule has 4 unspecified atom stereocenters. The number of primary amides is 2. The maximum absolute atomic E-state index is 15.7. The molecular formula is C91H118N18O26S3. The van der Waals surface area contributed by atoms with Gasteiger partial charge in [0.15, 0.2) is 0 Å². The first kappa shape index (κ1) is 107. The Labute approximate surface area is 805 Å². The van der Waals surface area contributed by atoms with Gasteiger partial charge in [0.05, 0.1) is 37.3 Å². The molecule has 47 heteroatoms. The molecule has 44 nitrogen and oxygen atoms in total. The van der Waals surface area contributed by atoms with E-state index in [1.807, 2.05) is 0 Å². The largest absolute Gasteiger partial charge is 0.508 e. The van der Waals surface area contributed by atoms with Gasteiger partial charge in [0, 0.05) is 147 Å². The molecule has 5 saturated heterocycles. The predicted molar refractivity (Wildman–Crippen MR) is 500 cm³/mol. The first-order chi connectivity index (χ1) is 65.3. The average molecular weight is 1980 g/mol. The van der Waals surface area contributed by atoms with Crippen molar-refractivity contribution in [3.8, 4) is 5.75 Å². The Hall–Kier alpha value is -13.2. The van der Waals surface area contributed by atoms with E-state index in [-0.39, 0.29) is 128 Å². The molecule has 8 heterocycles. The molecule has 5 fully saturated rings. The topological polar surface area (TPSA) is 681 Å². The second kappa shape index (κ2) is 48.2. The Morgan fingerprint density at radius 1 is 0.471 bits per heavy atom. The number of carboxylic acids is 4. The van der Waals surface area contributed by atoms with Crippen LogP contribution in [0, 0.1) is 28.1 Å². The lowest BCUT2D eigenvalue weighted by Crippen LogP contribution is -2.62. The molecule has 138 heavy (non-hydrogen) atoms. The molecule has 0 radical (unpaired) electrons. The number of phenolic OH excluding ortho intramolecular Hbond substituents is 1. The van der Waals surface area contributed by atoms with Crippen LogP contribution in [0.25, 0.3) is 10.8 Å². The van der Waals surface area contributed by atoms with Gasteiger partial charge in [-0.05, 0) is 64.8 Å². The van der Waals surface area contributed by atoms with E-state index >= 15 is 28.8 Å². The van der Waals surface area contributed by atoms with Crippen molar-refractivity contribution in [3.63, 3.8) is 0 Å². The summed E-state index contributed by atoms with van der Waals surface area (Å²) in [5, 5.41) is 98.0. The molecule has 16 amide bonds. The minimum absolute atomic E-state index is 0.0199. The normalized spacial score (nSPS) is 28.6. The zero-order valence-electron chi connectivity index (χ0n) is 76.5. The van der Waals surface area contributed by atoms with Gasteiger partial charge in [0.1, 0.15) is 72.4 Å². The summed E-state index contributed by atoms with van der Waals surface area (Å²) >= 11 is 3.37. The first-order valence-corrected chi connectivity index (χ1v) is 48.3. The van der Waals surface area contributed by atoms with E-state index in [9.17, 15) is 97.8 Å². The van der Waals surface area contributed by atoms with Crippen LogP contribution in [0.15, 0.2) is 109 Å². The van der Waals surface area contributed by atoms with Crippen molar-refractivity contribution in [1.29, 1.82) is 0 Å². The van der Waals surface area contributed by atoms with Crippen LogP contribution in [0.1, 0.15) is 109 Å². The number of carbonyl (C=O) groups is 20. The average Bonchev–Trinajstić information content (AvgIpc) is 1.52. The van der Waals surface area contributed by atoms with Crippen LogP contribution in [0.2, 0.25) is 0 Å². The highest BCUT2D eigenvalue weighted by molar-refractivity contribution is 7.99. The second-order valence-corrected chi connectivity index (χ2v) is 39.9. The van der Waals surface area contributed by atoms with Crippen molar-refractivity contribution < 1.29 is 127 Å². The zero-order valence-corrected chi connectivity index (χ0v) is 79.0. The number of phenols is 1. The van der Waals surface area contributed by atoms with E-state index in [4.69, 9.17) is 11.5 Å². The Morgan fingerprint density at radius 3 is 1.48 bits per heavy atom. The summed E-state index contributed by atoms with van der Waals surface area (Å²) in [6, 6.07) is 2.05. The summed E-state index contributed by atoms with van der Waals surface area (Å²) in [6.07, 6.45) is -8.62. The van der Waals surface area contributed by atoms with Crippen molar-refractivity contribution >= 4 is 164 Å². The number of nitrogens with one attached hydrogen (secondary N) is 13. The fourth-order valence-electron chi connectivity index (χ4n) is 17.5. The quantitative estimate of drug-likeness (QED) is 0.0456. The van der Waals surface area contributed by atoms with Crippen molar-refractivity contribution in [3.05, 3.63) is 126 Å². The molecule has 17 atom stereocenters. The van der Waals surface area contributed by atoms with E-state index in [0.717, 1.165) is 29.7 Å². The first-order valence-electron chi connectivity index (χ1n) is 44.8. The number of carbonyl (C=O) groups excluding carboxylic acids is 16. The van der Waals surface area contributed by atoms with Gasteiger partial charge in [-0.2, -0.15) is 35.3 Å². The third-order valence-electron chi connectivity index (χ3n) is 24.9. The second-order valence-electron chi connectivity index (χ2n) is 36.5. The number of aliphatic hydroxyl groups excluding tert-OH is 1. The number of hydrogen-bond acceptors (Lipinski definition) is 27. The van der Waals surface area contributed by atoms with E-state index in [1.165, 1.54) is 75.9 Å². The Morgan fingerprint density at radius 2 is 0.942 bits per heavy atom. The van der Waals surface area contributed by atoms with Crippen LogP contribution >= 0.6 is 35.3 Å². The number of carboxylic acid groups (broad SMARTS) is 4. The molecule has 4 aromatic carbocycles. The zero-order chi connectivity index (χ0) is 101. The number of rotatable bonds is 17. The Kier molecular flexibility index (Phi) is 37.4. The molecule has 4 aromatic rings. The van der Waals surface area contributed by atoms with Gasteiger partial charge in [-0.15, -0.1) is 0 Å². The Bertz CT molecular complexity index is 5280. The van der Waals surface area contributed by atoms with Crippen LogP contribution in [0.5, 0.6) is 5.75 Å². The van der Waals surface area contributed by atoms with Gasteiger partial charge >= 0.3 is 23.9 Å². The minimum Gasteiger partial charge on any atom is -0.508 e. The molecule has 0 aliphatic carbocycles. The molecule has 0 aromatic heterocycles. The number of hydrogen-bond donors (Lipinski definition) is 21. The maximum Gasteiger partial charge on any atom is 0.309 e. The fraction of sp³-hybridized carbons (Fsp3) is 0.516. The lowest BCUT2D eigenvalue weighted by Gasteiger charge is -2.33. The summed E-state index contributed by atoms with van der Waals surface area (Å²) in [5.74, 6) is -26.6. The van der Waals surface area contributed by atoms with Crippen LogP contribution in [-0.4, -0.2) is 316 Å². The summed E-state index contributed by atoms with van der Waals surface area (Å²) in [4.78, 5) is 292. The number of aromatic hydroxyl groups is 1.